The van der Waals surface area contributed by atoms with E-state index in [1.165, 1.54) is 24.3 Å². The van der Waals surface area contributed by atoms with Crippen LogP contribution in [-0.2, 0) is 52.9 Å². The minimum Gasteiger partial charge on any atom is -0.481 e. The largest absolute Gasteiger partial charge is 0.481 e. The molecular formula is C38H49FN12O8. The zero-order chi connectivity index (χ0) is 42.7. The normalized spacial score (nSPS) is 19.1. The molecule has 0 spiro atoms. The summed E-state index contributed by atoms with van der Waals surface area (Å²) in [7, 11) is 0. The maximum Gasteiger partial charge on any atom is 0.305 e. The smallest absolute Gasteiger partial charge is 0.305 e. The molecule has 0 aliphatic carbocycles. The van der Waals surface area contributed by atoms with Gasteiger partial charge in [-0.3, -0.25) is 43.2 Å². The number of guanidine groups is 1. The Morgan fingerprint density at radius 2 is 1.47 bits per heavy atom. The SMILES string of the molecule is NC(N)=NCCC[C@@H]1NC(=O)[C@H](CCCCn2cc(CCC(=O)Nc3ccc([18F])cc3)nn2)NC(=O)[C@H](Cc2ccccc2)NC(=O)[C@H](CC(=O)O)NC(=O)CNC1=O. The molecule has 0 saturated carbocycles. The Bertz CT molecular complexity index is 1960. The first-order valence-electron chi connectivity index (χ1n) is 19.0. The van der Waals surface area contributed by atoms with Crippen LogP contribution in [0.25, 0.3) is 0 Å². The standard InChI is InChI=1S/C38H49FN12O8/c39-24-11-13-25(14-12-24)44-31(52)16-15-26-22-51(50-49-26)18-5-4-9-28-35(57)46-27(10-6-17-42-38(40)41)34(56)43-21-32(53)45-30(20-33(54)55)37(59)48-29(36(58)47-28)19-23-7-2-1-3-8-23/h1-3,7-8,11-14,22,27-30H,4-6,9-10,15-21H2,(H,43,56)(H,44,52)(H,45,53)(H,46,57)(H,47,58)(H,48,59)(H,54,55)(H4,40,41,42)/t27-,28-,29-,30-/m0/s1/i39-1. The fraction of sp³-hybridized carbons (Fsp3) is 0.421. The number of anilines is 1. The molecule has 0 unspecified atom stereocenters. The Morgan fingerprint density at radius 3 is 2.17 bits per heavy atom. The molecule has 1 aliphatic rings. The van der Waals surface area contributed by atoms with Crippen molar-refractivity contribution in [1.82, 2.24) is 41.6 Å². The first kappa shape index (κ1) is 44.8. The molecule has 11 N–H and O–H groups in total. The van der Waals surface area contributed by atoms with Crippen LogP contribution in [0.3, 0.4) is 0 Å². The number of carboxylic acids is 1. The Balaban J connectivity index is 1.49. The zero-order valence-corrected chi connectivity index (χ0v) is 32.2. The maximum absolute atomic E-state index is 14.0. The Morgan fingerprint density at radius 1 is 0.831 bits per heavy atom. The third kappa shape index (κ3) is 15.9. The molecule has 2 aromatic carbocycles. The molecule has 21 heteroatoms. The molecule has 20 nitrogen and oxygen atoms in total. The predicted octanol–water partition coefficient (Wildman–Crippen LogP) is -1.00. The van der Waals surface area contributed by atoms with E-state index < -0.39 is 78.5 Å². The summed E-state index contributed by atoms with van der Waals surface area (Å²) in [6.45, 7) is -0.156. The molecule has 59 heavy (non-hydrogen) atoms. The second kappa shape index (κ2) is 22.7. The number of carboxylic acid groups (broad SMARTS) is 1. The van der Waals surface area contributed by atoms with Gasteiger partial charge in [0.05, 0.1) is 18.7 Å². The van der Waals surface area contributed by atoms with Gasteiger partial charge in [-0.2, -0.15) is 0 Å². The van der Waals surface area contributed by atoms with Crippen molar-refractivity contribution in [2.45, 2.75) is 88.5 Å². The van der Waals surface area contributed by atoms with Crippen LogP contribution in [0.5, 0.6) is 0 Å². The number of carbonyl (C=O) groups excluding carboxylic acids is 6. The van der Waals surface area contributed by atoms with Crippen LogP contribution in [0, 0.1) is 5.82 Å². The monoisotopic (exact) mass is 819 g/mol. The number of rotatable bonds is 17. The fourth-order valence-corrected chi connectivity index (χ4v) is 6.02. The summed E-state index contributed by atoms with van der Waals surface area (Å²) in [4.78, 5) is 95.4. The van der Waals surface area contributed by atoms with Crippen LogP contribution in [0.1, 0.15) is 56.2 Å². The summed E-state index contributed by atoms with van der Waals surface area (Å²) in [6, 6.07) is 8.74. The third-order valence-electron chi connectivity index (χ3n) is 9.03. The van der Waals surface area contributed by atoms with Crippen molar-refractivity contribution in [2.24, 2.45) is 16.5 Å². The summed E-state index contributed by atoms with van der Waals surface area (Å²) in [6.07, 6.45) is 2.42. The van der Waals surface area contributed by atoms with Crippen LogP contribution in [0.15, 0.2) is 65.8 Å². The molecule has 2 heterocycles. The highest BCUT2D eigenvalue weighted by atomic mass is 18.2. The lowest BCUT2D eigenvalue weighted by Gasteiger charge is -2.26. The van der Waals surface area contributed by atoms with Gasteiger partial charge in [0, 0.05) is 44.2 Å². The van der Waals surface area contributed by atoms with E-state index in [2.05, 4.69) is 47.2 Å². The van der Waals surface area contributed by atoms with Gasteiger partial charge in [-0.15, -0.1) is 5.10 Å². The van der Waals surface area contributed by atoms with Gasteiger partial charge in [0.2, 0.25) is 35.4 Å². The number of hydrogen-bond acceptors (Lipinski definition) is 10. The van der Waals surface area contributed by atoms with Crippen LogP contribution < -0.4 is 43.4 Å². The lowest BCUT2D eigenvalue weighted by molar-refractivity contribution is -0.141. The lowest BCUT2D eigenvalue weighted by Crippen LogP contribution is -2.58. The number of nitrogens with two attached hydrogens (primary N) is 2. The molecule has 4 rings (SSSR count). The van der Waals surface area contributed by atoms with Gasteiger partial charge in [0.25, 0.3) is 0 Å². The number of nitrogens with zero attached hydrogens (tertiary/aromatic N) is 4. The molecule has 1 fully saturated rings. The highest BCUT2D eigenvalue weighted by Gasteiger charge is 2.33. The average molecular weight is 820 g/mol. The number of aryl methyl sites for hydroxylation is 2. The predicted molar refractivity (Wildman–Crippen MR) is 210 cm³/mol. The van der Waals surface area contributed by atoms with Gasteiger partial charge in [-0.1, -0.05) is 35.5 Å². The molecule has 316 valence electrons. The molecule has 1 saturated heterocycles. The third-order valence-corrected chi connectivity index (χ3v) is 9.03. The quantitative estimate of drug-likeness (QED) is 0.0450. The van der Waals surface area contributed by atoms with E-state index in [-0.39, 0.29) is 50.5 Å². The van der Waals surface area contributed by atoms with Gasteiger partial charge in [0.1, 0.15) is 30.0 Å². The topological polar surface area (TPSA) is 307 Å². The summed E-state index contributed by atoms with van der Waals surface area (Å²) in [5.74, 6) is -6.35. The molecule has 4 atom stereocenters. The van der Waals surface area contributed by atoms with Crippen LogP contribution in [-0.4, -0.2) is 105 Å². The number of unbranched alkanes of at least 4 members (excludes halogenated alkanes) is 1. The Kier molecular flexibility index (Phi) is 17.2. The van der Waals surface area contributed by atoms with Gasteiger partial charge < -0.3 is 48.5 Å². The maximum atomic E-state index is 14.0. The first-order valence-corrected chi connectivity index (χ1v) is 19.0. The van der Waals surface area contributed by atoms with Crippen molar-refractivity contribution in [3.05, 3.63) is 77.9 Å². The molecule has 1 aromatic heterocycles. The lowest BCUT2D eigenvalue weighted by atomic mass is 10.0. The van der Waals surface area contributed by atoms with Crippen molar-refractivity contribution in [3.8, 4) is 0 Å². The van der Waals surface area contributed by atoms with E-state index in [0.29, 0.717) is 42.8 Å². The number of aliphatic imine (C=N–C) groups is 1. The van der Waals surface area contributed by atoms with Gasteiger partial charge in [0.15, 0.2) is 5.96 Å². The molecule has 6 amide bonds. The molecule has 3 aromatic rings. The number of halogens is 1. The van der Waals surface area contributed by atoms with E-state index >= 15 is 0 Å². The van der Waals surface area contributed by atoms with Crippen molar-refractivity contribution >= 4 is 53.1 Å². The Hall–Kier alpha value is -6.93. The first-order chi connectivity index (χ1) is 28.2. The van der Waals surface area contributed by atoms with E-state index in [0.717, 1.165) is 0 Å². The van der Waals surface area contributed by atoms with Crippen LogP contribution in [0.2, 0.25) is 0 Å². The van der Waals surface area contributed by atoms with E-state index in [4.69, 9.17) is 11.5 Å². The van der Waals surface area contributed by atoms with Gasteiger partial charge >= 0.3 is 5.97 Å². The van der Waals surface area contributed by atoms with Gasteiger partial charge in [-0.25, -0.2) is 4.39 Å². The van der Waals surface area contributed by atoms with Gasteiger partial charge in [-0.05, 0) is 61.9 Å². The van der Waals surface area contributed by atoms with Crippen molar-refractivity contribution in [3.63, 3.8) is 0 Å². The summed E-state index contributed by atoms with van der Waals surface area (Å²) < 4.78 is 14.7. The molecule has 1 aliphatic heterocycles. The fourth-order valence-electron chi connectivity index (χ4n) is 6.02. The van der Waals surface area contributed by atoms with E-state index in [9.17, 15) is 43.1 Å². The molecule has 0 radical (unpaired) electrons. The van der Waals surface area contributed by atoms with Crippen LogP contribution in [0.4, 0.5) is 10.1 Å². The van der Waals surface area contributed by atoms with Crippen molar-refractivity contribution in [2.75, 3.05) is 18.4 Å². The second-order valence-corrected chi connectivity index (χ2v) is 13.8. The van der Waals surface area contributed by atoms with Crippen molar-refractivity contribution in [1.29, 1.82) is 0 Å². The summed E-state index contributed by atoms with van der Waals surface area (Å²) in [5.41, 5.74) is 12.5. The summed E-state index contributed by atoms with van der Waals surface area (Å²) >= 11 is 0. The zero-order valence-electron chi connectivity index (χ0n) is 32.2. The second-order valence-electron chi connectivity index (χ2n) is 13.8. The number of hydrogen-bond donors (Lipinski definition) is 9. The van der Waals surface area contributed by atoms with Crippen molar-refractivity contribution < 1.29 is 43.1 Å². The molecule has 0 bridgehead atoms. The number of amides is 6. The minimum absolute atomic E-state index is 0.0392. The number of benzene rings is 2. The average Bonchev–Trinajstić information content (AvgIpc) is 3.66. The van der Waals surface area contributed by atoms with E-state index in [1.54, 1.807) is 41.2 Å². The Labute approximate surface area is 338 Å². The number of nitrogens with one attached hydrogen (secondary N) is 6. The number of carbonyl (C=O) groups is 7. The highest BCUT2D eigenvalue weighted by molar-refractivity contribution is 5.98. The minimum atomic E-state index is -1.60. The number of aliphatic carboxylic acids is 1. The van der Waals surface area contributed by atoms with E-state index in [1.807, 2.05) is 0 Å². The number of aromatic nitrogens is 3. The molecular weight excluding hydrogens is 770 g/mol. The summed E-state index contributed by atoms with van der Waals surface area (Å²) in [5, 5.41) is 33.1. The van der Waals surface area contributed by atoms with Crippen LogP contribution >= 0.6 is 0 Å². The highest BCUT2D eigenvalue weighted by Crippen LogP contribution is 2.12.